The highest BCUT2D eigenvalue weighted by atomic mass is 16.2. The number of fused-ring (bicyclic) bond motifs is 4. The number of aryl methyl sites for hydroxylation is 4. The van der Waals surface area contributed by atoms with Crippen molar-refractivity contribution in [3.63, 3.8) is 0 Å². The number of benzene rings is 6. The monoisotopic (exact) mass is 754 g/mol. The molecule has 0 spiro atoms. The van der Waals surface area contributed by atoms with Crippen molar-refractivity contribution in [3.05, 3.63) is 168 Å². The third-order valence-corrected chi connectivity index (χ3v) is 10.6. The van der Waals surface area contributed by atoms with E-state index in [9.17, 15) is 4.79 Å². The van der Waals surface area contributed by atoms with E-state index in [2.05, 4.69) is 46.6 Å². The topological polar surface area (TPSA) is 120 Å². The summed E-state index contributed by atoms with van der Waals surface area (Å²) in [5.74, 6) is 2.88. The molecule has 10 nitrogen and oxygen atoms in total. The molecule has 1 aliphatic rings. The van der Waals surface area contributed by atoms with Crippen molar-refractivity contribution in [1.29, 1.82) is 0 Å². The van der Waals surface area contributed by atoms with Crippen molar-refractivity contribution in [3.8, 4) is 50.7 Å². The highest BCUT2D eigenvalue weighted by molar-refractivity contribution is 6.37. The summed E-state index contributed by atoms with van der Waals surface area (Å²) in [5.41, 5.74) is 8.69. The highest BCUT2D eigenvalue weighted by Gasteiger charge is 2.41. The Morgan fingerprint density at radius 2 is 0.879 bits per heavy atom. The Morgan fingerprint density at radius 1 is 0.397 bits per heavy atom. The second kappa shape index (κ2) is 13.5. The number of hydrogen-bond acceptors (Lipinski definition) is 8. The fourth-order valence-electron chi connectivity index (χ4n) is 8.22. The first-order valence-electron chi connectivity index (χ1n) is 19.0. The lowest BCUT2D eigenvalue weighted by molar-refractivity contribution is 0.0926. The zero-order chi connectivity index (χ0) is 39.7. The molecule has 2 amide bonds. The molecule has 10 rings (SSSR count). The van der Waals surface area contributed by atoms with E-state index < -0.39 is 5.91 Å². The Kier molecular flexibility index (Phi) is 8.08. The molecule has 0 radical (unpaired) electrons. The van der Waals surface area contributed by atoms with Gasteiger partial charge in [0.05, 0.1) is 33.5 Å². The van der Waals surface area contributed by atoms with E-state index in [-0.39, 0.29) is 5.91 Å². The predicted molar refractivity (Wildman–Crippen MR) is 226 cm³/mol. The van der Waals surface area contributed by atoms with E-state index in [1.165, 1.54) is 4.90 Å². The minimum Gasteiger partial charge on any atom is -0.308 e. The number of amides is 2. The number of nitrogens with zero attached hydrogens (tertiary/aromatic N) is 8. The number of anilines is 1. The smallest absolute Gasteiger partial charge is 0.268 e. The lowest BCUT2D eigenvalue weighted by Crippen LogP contribution is -2.30. The van der Waals surface area contributed by atoms with Gasteiger partial charge in [0.2, 0.25) is 0 Å². The van der Waals surface area contributed by atoms with E-state index in [0.29, 0.717) is 57.4 Å². The molecule has 0 N–H and O–H groups in total. The second-order valence-corrected chi connectivity index (χ2v) is 14.4. The molecular formula is C48H34N8O2. The molecule has 6 aromatic carbocycles. The summed E-state index contributed by atoms with van der Waals surface area (Å²) >= 11 is 0. The summed E-state index contributed by atoms with van der Waals surface area (Å²) in [5, 5.41) is 1.81. The fraction of sp³-hybridized carbons (Fsp3) is 0.0833. The predicted octanol–water partition coefficient (Wildman–Crippen LogP) is 9.86. The van der Waals surface area contributed by atoms with Gasteiger partial charge >= 0.3 is 0 Å². The SMILES string of the molecule is Cc1nc(C)nc(-c2ccc3c(c2)c2cc(-c4nc(C)nc(C)n4)ccc2n3-c2cccc3c2C(=O)N(c2cccc(-c4ccccc4)c2-c2ccccc2)C3=O)n1. The number of aromatic nitrogens is 7. The van der Waals surface area contributed by atoms with E-state index >= 15 is 4.79 Å². The molecule has 278 valence electrons. The van der Waals surface area contributed by atoms with Gasteiger partial charge < -0.3 is 4.57 Å². The molecule has 0 saturated heterocycles. The van der Waals surface area contributed by atoms with Gasteiger partial charge in [-0.3, -0.25) is 9.59 Å². The average molecular weight is 755 g/mol. The van der Waals surface area contributed by atoms with E-state index in [1.54, 1.807) is 6.07 Å². The van der Waals surface area contributed by atoms with Crippen LogP contribution in [-0.2, 0) is 0 Å². The van der Waals surface area contributed by atoms with Gasteiger partial charge in [-0.1, -0.05) is 78.9 Å². The lowest BCUT2D eigenvalue weighted by atomic mass is 9.92. The van der Waals surface area contributed by atoms with Gasteiger partial charge in [-0.15, -0.1) is 0 Å². The van der Waals surface area contributed by atoms with Crippen LogP contribution in [0, 0.1) is 27.7 Å². The van der Waals surface area contributed by atoms with Gasteiger partial charge in [0, 0.05) is 27.5 Å². The van der Waals surface area contributed by atoms with Crippen molar-refractivity contribution < 1.29 is 9.59 Å². The number of rotatable bonds is 6. The lowest BCUT2D eigenvalue weighted by Gasteiger charge is -2.22. The molecule has 0 saturated carbocycles. The van der Waals surface area contributed by atoms with Crippen LogP contribution < -0.4 is 4.90 Å². The Balaban J connectivity index is 1.19. The van der Waals surface area contributed by atoms with Crippen LogP contribution in [0.1, 0.15) is 44.0 Å². The summed E-state index contributed by atoms with van der Waals surface area (Å²) < 4.78 is 2.07. The third-order valence-electron chi connectivity index (χ3n) is 10.6. The van der Waals surface area contributed by atoms with E-state index in [4.69, 9.17) is 0 Å². The maximum absolute atomic E-state index is 15.1. The van der Waals surface area contributed by atoms with Gasteiger partial charge in [0.1, 0.15) is 23.3 Å². The van der Waals surface area contributed by atoms with Gasteiger partial charge in [-0.05, 0) is 99.0 Å². The molecular weight excluding hydrogens is 721 g/mol. The number of imide groups is 1. The Morgan fingerprint density at radius 3 is 1.41 bits per heavy atom. The fourth-order valence-corrected chi connectivity index (χ4v) is 8.22. The van der Waals surface area contributed by atoms with E-state index in [1.807, 2.05) is 143 Å². The molecule has 0 bridgehead atoms. The summed E-state index contributed by atoms with van der Waals surface area (Å²) in [6, 6.07) is 43.3. The standard InChI is InChI=1S/C48H34N8O2/c1-27-49-28(2)52-45(51-27)33-21-23-39-37(25-33)38-26-34(46-53-29(3)50-30(4)54-46)22-24-40(38)55(39)42-20-12-18-36-44(42)48(58)56(47(36)57)41-19-11-17-35(31-13-7-5-8-14-31)43(41)32-15-9-6-10-16-32/h5-26H,1-4H3. The van der Waals surface area contributed by atoms with Crippen LogP contribution in [0.15, 0.2) is 133 Å². The molecule has 10 heteroatoms. The summed E-state index contributed by atoms with van der Waals surface area (Å²) in [4.78, 5) is 58.5. The van der Waals surface area contributed by atoms with Gasteiger partial charge in [-0.25, -0.2) is 34.8 Å². The van der Waals surface area contributed by atoms with Crippen molar-refractivity contribution in [2.45, 2.75) is 27.7 Å². The summed E-state index contributed by atoms with van der Waals surface area (Å²) in [6.07, 6.45) is 0. The maximum Gasteiger partial charge on any atom is 0.268 e. The maximum atomic E-state index is 15.1. The minimum absolute atomic E-state index is 0.330. The normalized spacial score (nSPS) is 12.5. The van der Waals surface area contributed by atoms with E-state index in [0.717, 1.165) is 55.2 Å². The first kappa shape index (κ1) is 34.7. The molecule has 4 heterocycles. The van der Waals surface area contributed by atoms with Crippen LogP contribution in [0.25, 0.3) is 72.5 Å². The van der Waals surface area contributed by atoms with Crippen LogP contribution in [0.4, 0.5) is 5.69 Å². The Bertz CT molecular complexity index is 3010. The quantitative estimate of drug-likeness (QED) is 0.154. The van der Waals surface area contributed by atoms with Crippen LogP contribution in [0.5, 0.6) is 0 Å². The van der Waals surface area contributed by atoms with Crippen LogP contribution in [0.2, 0.25) is 0 Å². The molecule has 58 heavy (non-hydrogen) atoms. The van der Waals surface area contributed by atoms with Crippen molar-refractivity contribution >= 4 is 39.3 Å². The molecule has 3 aromatic heterocycles. The summed E-state index contributed by atoms with van der Waals surface area (Å²) in [6.45, 7) is 7.41. The molecule has 0 fully saturated rings. The largest absolute Gasteiger partial charge is 0.308 e. The first-order chi connectivity index (χ1) is 28.2. The molecule has 9 aromatic rings. The molecule has 1 aliphatic heterocycles. The van der Waals surface area contributed by atoms with Crippen molar-refractivity contribution in [1.82, 2.24) is 34.5 Å². The zero-order valence-electron chi connectivity index (χ0n) is 32.1. The second-order valence-electron chi connectivity index (χ2n) is 14.4. The molecule has 0 aliphatic carbocycles. The van der Waals surface area contributed by atoms with Gasteiger partial charge in [0.15, 0.2) is 11.6 Å². The van der Waals surface area contributed by atoms with Crippen LogP contribution in [0.3, 0.4) is 0 Å². The van der Waals surface area contributed by atoms with Crippen molar-refractivity contribution in [2.24, 2.45) is 0 Å². The minimum atomic E-state index is -0.395. The molecule has 0 unspecified atom stereocenters. The van der Waals surface area contributed by atoms with Crippen molar-refractivity contribution in [2.75, 3.05) is 4.90 Å². The first-order valence-corrected chi connectivity index (χ1v) is 19.0. The number of carbonyl (C=O) groups is 2. The molecule has 0 atom stereocenters. The summed E-state index contributed by atoms with van der Waals surface area (Å²) in [7, 11) is 0. The number of carbonyl (C=O) groups excluding carboxylic acids is 2. The average Bonchev–Trinajstić information content (AvgIpc) is 3.69. The van der Waals surface area contributed by atoms with Crippen LogP contribution in [-0.4, -0.2) is 46.3 Å². The Labute approximate surface area is 333 Å². The number of hydrogen-bond donors (Lipinski definition) is 0. The van der Waals surface area contributed by atoms with Gasteiger partial charge in [0.25, 0.3) is 11.8 Å². The zero-order valence-corrected chi connectivity index (χ0v) is 32.1. The Hall–Kier alpha value is -7.72. The highest BCUT2D eigenvalue weighted by Crippen LogP contribution is 2.44. The van der Waals surface area contributed by atoms with Gasteiger partial charge in [-0.2, -0.15) is 0 Å². The van der Waals surface area contributed by atoms with Crippen LogP contribution >= 0.6 is 0 Å². The third kappa shape index (κ3) is 5.64.